The zero-order valence-electron chi connectivity index (χ0n) is 16.4. The quantitative estimate of drug-likeness (QED) is 0.703. The van der Waals surface area contributed by atoms with Crippen molar-refractivity contribution in [3.8, 4) is 5.75 Å². The number of hydrogen-bond donors (Lipinski definition) is 0. The van der Waals surface area contributed by atoms with E-state index in [0.29, 0.717) is 6.54 Å². The number of halogens is 1. The molecular weight excluding hydrogens is 418 g/mol. The molecule has 1 spiro atoms. The van der Waals surface area contributed by atoms with Crippen LogP contribution in [0.5, 0.6) is 5.75 Å². The van der Waals surface area contributed by atoms with Gasteiger partial charge in [-0.1, -0.05) is 28.1 Å². The van der Waals surface area contributed by atoms with Crippen LogP contribution in [0.4, 0.5) is 10.5 Å². The third-order valence-corrected chi connectivity index (χ3v) is 6.55. The van der Waals surface area contributed by atoms with Gasteiger partial charge in [-0.3, -0.25) is 4.90 Å². The van der Waals surface area contributed by atoms with Crippen LogP contribution in [0.1, 0.15) is 18.4 Å². The molecule has 6 heteroatoms. The van der Waals surface area contributed by atoms with E-state index in [9.17, 15) is 4.79 Å². The van der Waals surface area contributed by atoms with E-state index in [-0.39, 0.29) is 11.6 Å². The summed E-state index contributed by atoms with van der Waals surface area (Å²) in [7, 11) is 3.83. The second-order valence-electron chi connectivity index (χ2n) is 7.81. The molecule has 2 aromatic rings. The third-order valence-electron chi connectivity index (χ3n) is 6.02. The monoisotopic (exact) mass is 443 g/mol. The molecule has 5 nitrogen and oxygen atoms in total. The molecule has 0 unspecified atom stereocenters. The normalized spacial score (nSPS) is 19.5. The maximum atomic E-state index is 13.5. The minimum absolute atomic E-state index is 0.0923. The van der Waals surface area contributed by atoms with Crippen molar-refractivity contribution >= 4 is 27.6 Å². The van der Waals surface area contributed by atoms with Gasteiger partial charge in [0, 0.05) is 29.8 Å². The molecule has 2 heterocycles. The van der Waals surface area contributed by atoms with Crippen molar-refractivity contribution in [3.05, 3.63) is 58.6 Å². The number of likely N-dealkylation sites (tertiary alicyclic amines) is 1. The summed E-state index contributed by atoms with van der Waals surface area (Å²) in [5, 5.41) is 0. The van der Waals surface area contributed by atoms with Crippen LogP contribution in [0.2, 0.25) is 0 Å². The molecule has 0 atom stereocenters. The average molecular weight is 444 g/mol. The fraction of sp³-hybridized carbons (Fsp3) is 0.409. The lowest BCUT2D eigenvalue weighted by atomic mass is 9.86. The fourth-order valence-corrected chi connectivity index (χ4v) is 4.53. The average Bonchev–Trinajstić information content (AvgIpc) is 2.97. The first-order valence-corrected chi connectivity index (χ1v) is 10.5. The number of hydrogen-bond acceptors (Lipinski definition) is 3. The Hall–Kier alpha value is -2.05. The van der Waals surface area contributed by atoms with E-state index in [4.69, 9.17) is 4.74 Å². The van der Waals surface area contributed by atoms with Gasteiger partial charge in [0.1, 0.15) is 5.75 Å². The van der Waals surface area contributed by atoms with E-state index in [0.717, 1.165) is 53.9 Å². The van der Waals surface area contributed by atoms with Gasteiger partial charge >= 0.3 is 6.03 Å². The van der Waals surface area contributed by atoms with E-state index < -0.39 is 0 Å². The number of methoxy groups -OCH3 is 1. The van der Waals surface area contributed by atoms with Gasteiger partial charge in [0.2, 0.25) is 0 Å². The number of nitrogens with zero attached hydrogens (tertiary/aromatic N) is 3. The maximum absolute atomic E-state index is 13.5. The van der Waals surface area contributed by atoms with E-state index >= 15 is 0 Å². The van der Waals surface area contributed by atoms with Crippen LogP contribution >= 0.6 is 15.9 Å². The van der Waals surface area contributed by atoms with Crippen LogP contribution in [-0.4, -0.2) is 55.2 Å². The molecule has 148 valence electrons. The standard InChI is InChI=1S/C22H26BrN3O2/c1-24-12-10-22(11-13-24)16-25(19-8-6-18(23)7-9-19)21(27)26(22)15-17-4-3-5-20(14-17)28-2/h3-9,14H,10-13,15-16H2,1-2H3. The summed E-state index contributed by atoms with van der Waals surface area (Å²) >= 11 is 3.48. The van der Waals surface area contributed by atoms with Crippen LogP contribution in [0, 0.1) is 0 Å². The van der Waals surface area contributed by atoms with Crippen molar-refractivity contribution in [3.63, 3.8) is 0 Å². The van der Waals surface area contributed by atoms with E-state index in [1.807, 2.05) is 47.4 Å². The van der Waals surface area contributed by atoms with E-state index in [1.165, 1.54) is 0 Å². The summed E-state index contributed by atoms with van der Waals surface area (Å²) < 4.78 is 6.39. The fourth-order valence-electron chi connectivity index (χ4n) is 4.27. The van der Waals surface area contributed by atoms with Gasteiger partial charge in [-0.2, -0.15) is 0 Å². The van der Waals surface area contributed by atoms with Crippen molar-refractivity contribution in [1.29, 1.82) is 0 Å². The SMILES string of the molecule is COc1cccc(CN2C(=O)N(c3ccc(Br)cc3)CC23CCN(C)CC3)c1. The van der Waals surface area contributed by atoms with Crippen LogP contribution < -0.4 is 9.64 Å². The number of urea groups is 1. The highest BCUT2D eigenvalue weighted by atomic mass is 79.9. The molecule has 2 aliphatic rings. The first-order valence-electron chi connectivity index (χ1n) is 9.67. The predicted octanol–water partition coefficient (Wildman–Crippen LogP) is 4.36. The van der Waals surface area contributed by atoms with Crippen molar-refractivity contribution < 1.29 is 9.53 Å². The second kappa shape index (κ2) is 7.76. The summed E-state index contributed by atoms with van der Waals surface area (Å²) in [6, 6.07) is 16.1. The summed E-state index contributed by atoms with van der Waals surface area (Å²) in [6.45, 7) is 3.37. The summed E-state index contributed by atoms with van der Waals surface area (Å²) in [5.41, 5.74) is 1.93. The lowest BCUT2D eigenvalue weighted by molar-refractivity contribution is 0.0825. The second-order valence-corrected chi connectivity index (χ2v) is 8.73. The largest absolute Gasteiger partial charge is 0.497 e. The topological polar surface area (TPSA) is 36.0 Å². The molecule has 0 saturated carbocycles. The number of piperidine rings is 1. The van der Waals surface area contributed by atoms with Crippen molar-refractivity contribution in [2.75, 3.05) is 38.7 Å². The molecule has 28 heavy (non-hydrogen) atoms. The van der Waals surface area contributed by atoms with E-state index in [2.05, 4.69) is 38.8 Å². The van der Waals surface area contributed by atoms with Gasteiger partial charge in [0.25, 0.3) is 0 Å². The Kier molecular flexibility index (Phi) is 5.34. The highest BCUT2D eigenvalue weighted by molar-refractivity contribution is 9.10. The highest BCUT2D eigenvalue weighted by Gasteiger charge is 2.50. The number of amides is 2. The van der Waals surface area contributed by atoms with E-state index in [1.54, 1.807) is 7.11 Å². The van der Waals surface area contributed by atoms with Crippen LogP contribution in [0.15, 0.2) is 53.0 Å². The summed E-state index contributed by atoms with van der Waals surface area (Å²) in [5.74, 6) is 0.825. The molecule has 0 radical (unpaired) electrons. The van der Waals surface area contributed by atoms with Crippen molar-refractivity contribution in [2.45, 2.75) is 24.9 Å². The molecule has 2 amide bonds. The Labute approximate surface area is 175 Å². The Morgan fingerprint density at radius 3 is 2.50 bits per heavy atom. The van der Waals surface area contributed by atoms with Gasteiger partial charge in [0.15, 0.2) is 0 Å². The number of rotatable bonds is 4. The Morgan fingerprint density at radius 1 is 1.11 bits per heavy atom. The smallest absolute Gasteiger partial charge is 0.325 e. The van der Waals surface area contributed by atoms with Gasteiger partial charge < -0.3 is 14.5 Å². The zero-order valence-corrected chi connectivity index (χ0v) is 18.0. The molecule has 4 rings (SSSR count). The van der Waals surface area contributed by atoms with Crippen LogP contribution in [0.3, 0.4) is 0 Å². The van der Waals surface area contributed by atoms with Gasteiger partial charge in [-0.25, -0.2) is 4.79 Å². The Morgan fingerprint density at radius 2 is 1.82 bits per heavy atom. The lowest BCUT2D eigenvalue weighted by Gasteiger charge is -2.42. The molecule has 0 aromatic heterocycles. The molecule has 0 bridgehead atoms. The zero-order chi connectivity index (χ0) is 19.7. The number of carbonyl (C=O) groups is 1. The number of anilines is 1. The molecule has 2 aliphatic heterocycles. The molecule has 0 aliphatic carbocycles. The van der Waals surface area contributed by atoms with Crippen LogP contribution in [-0.2, 0) is 6.54 Å². The predicted molar refractivity (Wildman–Crippen MR) is 115 cm³/mol. The van der Waals surface area contributed by atoms with Gasteiger partial charge in [-0.15, -0.1) is 0 Å². The first kappa shape index (κ1) is 19.3. The number of ether oxygens (including phenoxy) is 1. The van der Waals surface area contributed by atoms with Crippen LogP contribution in [0.25, 0.3) is 0 Å². The van der Waals surface area contributed by atoms with Crippen molar-refractivity contribution in [1.82, 2.24) is 9.80 Å². The number of benzene rings is 2. The summed E-state index contributed by atoms with van der Waals surface area (Å²) in [4.78, 5) is 19.9. The Balaban J connectivity index is 1.66. The van der Waals surface area contributed by atoms with Gasteiger partial charge in [0.05, 0.1) is 19.2 Å². The molecule has 2 fully saturated rings. The lowest BCUT2D eigenvalue weighted by Crippen LogP contribution is -2.53. The minimum atomic E-state index is -0.125. The minimum Gasteiger partial charge on any atom is -0.497 e. The Bertz CT molecular complexity index is 847. The third kappa shape index (κ3) is 3.63. The first-order chi connectivity index (χ1) is 13.5. The summed E-state index contributed by atoms with van der Waals surface area (Å²) in [6.07, 6.45) is 1.98. The molecule has 2 aromatic carbocycles. The van der Waals surface area contributed by atoms with Crippen molar-refractivity contribution in [2.24, 2.45) is 0 Å². The molecule has 0 N–H and O–H groups in total. The maximum Gasteiger partial charge on any atom is 0.325 e. The number of carbonyl (C=O) groups excluding carboxylic acids is 1. The highest BCUT2D eigenvalue weighted by Crippen LogP contribution is 2.39. The van der Waals surface area contributed by atoms with Gasteiger partial charge in [-0.05, 0) is 61.9 Å². The molecule has 2 saturated heterocycles. The molecular formula is C22H26BrN3O2.